The Morgan fingerprint density at radius 3 is 2.76 bits per heavy atom. The first-order valence-electron chi connectivity index (χ1n) is 5.22. The number of benzene rings is 1. The van der Waals surface area contributed by atoms with Gasteiger partial charge in [0.1, 0.15) is 24.3 Å². The van der Waals surface area contributed by atoms with Crippen LogP contribution in [0.25, 0.3) is 0 Å². The Morgan fingerprint density at radius 1 is 1.24 bits per heavy atom. The molecule has 1 aromatic heterocycles. The van der Waals surface area contributed by atoms with Crippen LogP contribution in [-0.4, -0.2) is 16.7 Å². The first kappa shape index (κ1) is 11.5. The molecule has 1 unspecified atom stereocenters. The third-order valence-electron chi connectivity index (χ3n) is 2.31. The lowest BCUT2D eigenvalue weighted by Crippen LogP contribution is -2.11. The number of aromatic nitrogens is 1. The molecule has 0 spiro atoms. The normalized spacial score (nSPS) is 12.1. The molecule has 0 radical (unpaired) electrons. The number of halogens is 1. The summed E-state index contributed by atoms with van der Waals surface area (Å²) in [5.74, 6) is 0.109. The van der Waals surface area contributed by atoms with Gasteiger partial charge < -0.3 is 9.84 Å². The first-order valence-corrected chi connectivity index (χ1v) is 5.22. The third kappa shape index (κ3) is 3.01. The maximum absolute atomic E-state index is 13.3. The predicted molar refractivity (Wildman–Crippen MR) is 61.1 cm³/mol. The van der Waals surface area contributed by atoms with Crippen molar-refractivity contribution < 1.29 is 14.2 Å². The summed E-state index contributed by atoms with van der Waals surface area (Å²) in [4.78, 5) is 3.87. The van der Waals surface area contributed by atoms with Crippen molar-refractivity contribution in [1.29, 1.82) is 0 Å². The fourth-order valence-corrected chi connectivity index (χ4v) is 1.44. The molecule has 2 aromatic rings. The fraction of sp³-hybridized carbons (Fsp3) is 0.154. The number of aliphatic hydroxyl groups excluding tert-OH is 1. The maximum Gasteiger partial charge on any atom is 0.137 e. The second kappa shape index (κ2) is 5.41. The van der Waals surface area contributed by atoms with Gasteiger partial charge in [-0.2, -0.15) is 0 Å². The van der Waals surface area contributed by atoms with Crippen LogP contribution >= 0.6 is 0 Å². The van der Waals surface area contributed by atoms with E-state index in [9.17, 15) is 9.50 Å². The molecular formula is C13H12FNO2. The van der Waals surface area contributed by atoms with Crippen molar-refractivity contribution in [3.8, 4) is 5.75 Å². The summed E-state index contributed by atoms with van der Waals surface area (Å²) < 4.78 is 18.6. The van der Waals surface area contributed by atoms with Crippen LogP contribution in [0, 0.1) is 5.82 Å². The van der Waals surface area contributed by atoms with Crippen LogP contribution in [0.4, 0.5) is 4.39 Å². The van der Waals surface area contributed by atoms with Gasteiger partial charge in [0.2, 0.25) is 0 Å². The zero-order chi connectivity index (χ0) is 12.1. The van der Waals surface area contributed by atoms with Crippen LogP contribution in [0.5, 0.6) is 5.75 Å². The van der Waals surface area contributed by atoms with Gasteiger partial charge in [-0.15, -0.1) is 0 Å². The number of pyridine rings is 1. The van der Waals surface area contributed by atoms with Crippen molar-refractivity contribution in [2.24, 2.45) is 0 Å². The highest BCUT2D eigenvalue weighted by molar-refractivity contribution is 5.21. The molecule has 88 valence electrons. The monoisotopic (exact) mass is 233 g/mol. The lowest BCUT2D eigenvalue weighted by Gasteiger charge is -2.12. The number of aliphatic hydroxyl groups is 1. The topological polar surface area (TPSA) is 42.4 Å². The van der Waals surface area contributed by atoms with E-state index in [-0.39, 0.29) is 12.2 Å². The van der Waals surface area contributed by atoms with Gasteiger partial charge in [0.15, 0.2) is 0 Å². The lowest BCUT2D eigenvalue weighted by molar-refractivity contribution is 0.105. The van der Waals surface area contributed by atoms with Gasteiger partial charge >= 0.3 is 0 Å². The van der Waals surface area contributed by atoms with E-state index in [1.165, 1.54) is 18.3 Å². The average Bonchev–Trinajstić information content (AvgIpc) is 2.38. The quantitative estimate of drug-likeness (QED) is 0.881. The van der Waals surface area contributed by atoms with Crippen molar-refractivity contribution in [3.63, 3.8) is 0 Å². The summed E-state index contributed by atoms with van der Waals surface area (Å²) in [6.07, 6.45) is 2.17. The Kier molecular flexibility index (Phi) is 3.67. The molecular weight excluding hydrogens is 221 g/mol. The summed E-state index contributed by atoms with van der Waals surface area (Å²) in [5.41, 5.74) is 0.233. The predicted octanol–water partition coefficient (Wildman–Crippen LogP) is 2.33. The minimum absolute atomic E-state index is 0.00731. The van der Waals surface area contributed by atoms with Gasteiger partial charge in [-0.3, -0.25) is 4.98 Å². The maximum atomic E-state index is 13.3. The molecule has 3 nitrogen and oxygen atoms in total. The van der Waals surface area contributed by atoms with E-state index in [1.807, 2.05) is 0 Å². The standard InChI is InChI=1S/C13H12FNO2/c14-12-6-2-1-5-11(12)13(16)9-17-10-4-3-7-15-8-10/h1-8,13,16H,9H2. The molecule has 0 aliphatic rings. The van der Waals surface area contributed by atoms with Crippen molar-refractivity contribution in [2.75, 3.05) is 6.61 Å². The minimum Gasteiger partial charge on any atom is -0.489 e. The zero-order valence-electron chi connectivity index (χ0n) is 9.08. The van der Waals surface area contributed by atoms with Crippen molar-refractivity contribution in [1.82, 2.24) is 4.98 Å². The van der Waals surface area contributed by atoms with E-state index in [0.717, 1.165) is 0 Å². The highest BCUT2D eigenvalue weighted by atomic mass is 19.1. The smallest absolute Gasteiger partial charge is 0.137 e. The molecule has 0 saturated heterocycles. The molecule has 1 atom stereocenters. The Labute approximate surface area is 98.5 Å². The zero-order valence-corrected chi connectivity index (χ0v) is 9.08. The van der Waals surface area contributed by atoms with Gasteiger partial charge in [0.05, 0.1) is 6.20 Å². The second-order valence-electron chi connectivity index (χ2n) is 3.54. The molecule has 1 heterocycles. The van der Waals surface area contributed by atoms with Gasteiger partial charge in [-0.05, 0) is 18.2 Å². The Hall–Kier alpha value is -1.94. The SMILES string of the molecule is OC(COc1cccnc1)c1ccccc1F. The average molecular weight is 233 g/mol. The van der Waals surface area contributed by atoms with Gasteiger partial charge in [0.25, 0.3) is 0 Å². The fourth-order valence-electron chi connectivity index (χ4n) is 1.44. The van der Waals surface area contributed by atoms with Crippen LogP contribution in [0.1, 0.15) is 11.7 Å². The van der Waals surface area contributed by atoms with E-state index < -0.39 is 11.9 Å². The molecule has 0 aliphatic carbocycles. The van der Waals surface area contributed by atoms with E-state index in [0.29, 0.717) is 5.75 Å². The van der Waals surface area contributed by atoms with Crippen LogP contribution < -0.4 is 4.74 Å². The van der Waals surface area contributed by atoms with Crippen LogP contribution in [0.3, 0.4) is 0 Å². The van der Waals surface area contributed by atoms with Crippen LogP contribution in [0.15, 0.2) is 48.8 Å². The van der Waals surface area contributed by atoms with Gasteiger partial charge in [-0.25, -0.2) is 4.39 Å². The summed E-state index contributed by atoms with van der Waals surface area (Å²) in [7, 11) is 0. The van der Waals surface area contributed by atoms with Crippen molar-refractivity contribution >= 4 is 0 Å². The third-order valence-corrected chi connectivity index (χ3v) is 2.31. The van der Waals surface area contributed by atoms with E-state index in [1.54, 1.807) is 30.5 Å². The molecule has 0 saturated carbocycles. The van der Waals surface area contributed by atoms with Crippen molar-refractivity contribution in [3.05, 3.63) is 60.2 Å². The Morgan fingerprint density at radius 2 is 2.06 bits per heavy atom. The number of hydrogen-bond acceptors (Lipinski definition) is 3. The van der Waals surface area contributed by atoms with Crippen LogP contribution in [0.2, 0.25) is 0 Å². The largest absolute Gasteiger partial charge is 0.489 e. The molecule has 1 N–H and O–H groups in total. The first-order chi connectivity index (χ1) is 8.27. The molecule has 0 amide bonds. The summed E-state index contributed by atoms with van der Waals surface area (Å²) in [6.45, 7) is -0.00731. The Balaban J connectivity index is 1.99. The minimum atomic E-state index is -0.989. The van der Waals surface area contributed by atoms with E-state index in [4.69, 9.17) is 4.74 Å². The van der Waals surface area contributed by atoms with E-state index in [2.05, 4.69) is 4.98 Å². The Bertz CT molecular complexity index is 476. The highest BCUT2D eigenvalue weighted by Gasteiger charge is 2.12. The summed E-state index contributed by atoms with van der Waals surface area (Å²) in [5, 5.41) is 9.78. The van der Waals surface area contributed by atoms with Crippen molar-refractivity contribution in [2.45, 2.75) is 6.10 Å². The molecule has 2 rings (SSSR count). The summed E-state index contributed by atoms with van der Waals surface area (Å²) >= 11 is 0. The molecule has 1 aromatic carbocycles. The van der Waals surface area contributed by atoms with Crippen LogP contribution in [-0.2, 0) is 0 Å². The van der Waals surface area contributed by atoms with Gasteiger partial charge in [-0.1, -0.05) is 18.2 Å². The number of hydrogen-bond donors (Lipinski definition) is 1. The molecule has 0 aliphatic heterocycles. The second-order valence-corrected chi connectivity index (χ2v) is 3.54. The molecule has 0 fully saturated rings. The number of nitrogens with zero attached hydrogens (tertiary/aromatic N) is 1. The molecule has 0 bridgehead atoms. The summed E-state index contributed by atoms with van der Waals surface area (Å²) in [6, 6.07) is 9.54. The number of rotatable bonds is 4. The molecule has 17 heavy (non-hydrogen) atoms. The number of ether oxygens (including phenoxy) is 1. The highest BCUT2D eigenvalue weighted by Crippen LogP contribution is 2.18. The molecule has 4 heteroatoms. The van der Waals surface area contributed by atoms with Gasteiger partial charge in [0, 0.05) is 11.8 Å². The lowest BCUT2D eigenvalue weighted by atomic mass is 10.1. The van der Waals surface area contributed by atoms with E-state index >= 15 is 0 Å².